The van der Waals surface area contributed by atoms with Gasteiger partial charge in [0.15, 0.2) is 12.6 Å². The van der Waals surface area contributed by atoms with Gasteiger partial charge in [-0.25, -0.2) is 0 Å². The van der Waals surface area contributed by atoms with Crippen LogP contribution in [0.3, 0.4) is 0 Å². The molecule has 1 heterocycles. The number of nitrogens with one attached hydrogen (secondary N) is 1. The van der Waals surface area contributed by atoms with Crippen molar-refractivity contribution in [3.63, 3.8) is 0 Å². The molecule has 0 radical (unpaired) electrons. The summed E-state index contributed by atoms with van der Waals surface area (Å²) < 4.78 is 10.3. The molecule has 1 aliphatic rings. The summed E-state index contributed by atoms with van der Waals surface area (Å²) in [4.78, 5) is 10.9. The molecule has 1 aliphatic heterocycles. The van der Waals surface area contributed by atoms with Gasteiger partial charge in [-0.2, -0.15) is 0 Å². The van der Waals surface area contributed by atoms with E-state index in [1.165, 1.54) is 0 Å². The minimum absolute atomic E-state index is 0.0223. The average Bonchev–Trinajstić information content (AvgIpc) is 2.67. The Morgan fingerprint density at radius 1 is 1.11 bits per heavy atom. The largest absolute Gasteiger partial charge is 0.394 e. The molecule has 0 aromatic heterocycles. The molecule has 11 nitrogen and oxygen atoms in total. The van der Waals surface area contributed by atoms with Gasteiger partial charge in [0.2, 0.25) is 0 Å². The first-order chi connectivity index (χ1) is 12.8. The van der Waals surface area contributed by atoms with E-state index in [2.05, 4.69) is 5.32 Å². The molecule has 0 aromatic carbocycles. The number of aliphatic hydroxyl groups is 7. The van der Waals surface area contributed by atoms with Crippen LogP contribution in [0.5, 0.6) is 0 Å². The van der Waals surface area contributed by atoms with E-state index in [9.17, 15) is 40.5 Å². The molecular formula is C16H31NO10. The standard InChI is InChI=1S/C16H31NO10/c1-2-3-4-17-5-8(20)11(22)15(9(21)6-18)27-16-14(25)13(24)12(23)10(7-19)26-16/h7-18,20-25H,2-6H2,1H3/t8-,9+,10+,11+,12-,13-,14+,15+,16-/m0/s1. The quantitative estimate of drug-likeness (QED) is 0.118. The lowest BCUT2D eigenvalue weighted by atomic mass is 9.98. The summed E-state index contributed by atoms with van der Waals surface area (Å²) in [5, 5.41) is 71.8. The monoisotopic (exact) mass is 397 g/mol. The van der Waals surface area contributed by atoms with Crippen LogP contribution >= 0.6 is 0 Å². The number of aldehydes is 1. The minimum atomic E-state index is -1.79. The van der Waals surface area contributed by atoms with E-state index in [-0.39, 0.29) is 12.8 Å². The van der Waals surface area contributed by atoms with Crippen LogP contribution in [0, 0.1) is 0 Å². The van der Waals surface area contributed by atoms with Crippen molar-refractivity contribution in [2.24, 2.45) is 0 Å². The fraction of sp³-hybridized carbons (Fsp3) is 0.938. The molecular weight excluding hydrogens is 366 g/mol. The number of carbonyl (C=O) groups excluding carboxylic acids is 1. The van der Waals surface area contributed by atoms with Crippen molar-refractivity contribution in [2.75, 3.05) is 19.7 Å². The molecule has 0 aliphatic carbocycles. The number of hydrogen-bond donors (Lipinski definition) is 8. The summed E-state index contributed by atoms with van der Waals surface area (Å²) in [6.07, 6.45) is -12.8. The molecule has 0 saturated carbocycles. The highest BCUT2D eigenvalue weighted by atomic mass is 16.7. The molecule has 0 amide bonds. The van der Waals surface area contributed by atoms with Crippen LogP contribution in [0.4, 0.5) is 0 Å². The number of carbonyl (C=O) groups is 1. The van der Waals surface area contributed by atoms with Crippen LogP contribution in [0.1, 0.15) is 19.8 Å². The van der Waals surface area contributed by atoms with E-state index in [0.717, 1.165) is 12.8 Å². The van der Waals surface area contributed by atoms with Gasteiger partial charge in [0.1, 0.15) is 42.7 Å². The Kier molecular flexibility index (Phi) is 10.8. The second-order valence-electron chi connectivity index (χ2n) is 6.54. The van der Waals surface area contributed by atoms with Gasteiger partial charge in [0.05, 0.1) is 12.7 Å². The highest BCUT2D eigenvalue weighted by Crippen LogP contribution is 2.24. The van der Waals surface area contributed by atoms with Crippen LogP contribution in [0.15, 0.2) is 0 Å². The van der Waals surface area contributed by atoms with Crippen molar-refractivity contribution in [3.8, 4) is 0 Å². The third-order valence-corrected chi connectivity index (χ3v) is 4.39. The van der Waals surface area contributed by atoms with Gasteiger partial charge in [-0.05, 0) is 13.0 Å². The van der Waals surface area contributed by atoms with Crippen LogP contribution in [-0.2, 0) is 14.3 Å². The molecule has 0 unspecified atom stereocenters. The van der Waals surface area contributed by atoms with E-state index in [4.69, 9.17) is 9.47 Å². The van der Waals surface area contributed by atoms with Crippen molar-refractivity contribution >= 4 is 6.29 Å². The zero-order chi connectivity index (χ0) is 20.6. The van der Waals surface area contributed by atoms with Gasteiger partial charge in [0.25, 0.3) is 0 Å². The highest BCUT2D eigenvalue weighted by molar-refractivity contribution is 5.57. The summed E-state index contributed by atoms with van der Waals surface area (Å²) in [6.45, 7) is 1.74. The van der Waals surface area contributed by atoms with Gasteiger partial charge in [-0.3, -0.25) is 0 Å². The molecule has 0 bridgehead atoms. The Morgan fingerprint density at radius 2 is 1.78 bits per heavy atom. The Bertz CT molecular complexity index is 428. The molecule has 0 spiro atoms. The molecule has 11 heteroatoms. The minimum Gasteiger partial charge on any atom is -0.394 e. The smallest absolute Gasteiger partial charge is 0.187 e. The second kappa shape index (κ2) is 12.0. The topological polar surface area (TPSA) is 189 Å². The highest BCUT2D eigenvalue weighted by Gasteiger charge is 2.46. The molecule has 0 aromatic rings. The predicted molar refractivity (Wildman–Crippen MR) is 90.5 cm³/mol. The van der Waals surface area contributed by atoms with E-state index in [1.807, 2.05) is 6.92 Å². The molecule has 9 atom stereocenters. The van der Waals surface area contributed by atoms with Crippen LogP contribution in [-0.4, -0.2) is 117 Å². The van der Waals surface area contributed by atoms with Crippen molar-refractivity contribution in [2.45, 2.75) is 74.9 Å². The first kappa shape index (κ1) is 24.3. The second-order valence-corrected chi connectivity index (χ2v) is 6.54. The molecule has 8 N–H and O–H groups in total. The molecule has 1 fully saturated rings. The third-order valence-electron chi connectivity index (χ3n) is 4.39. The van der Waals surface area contributed by atoms with E-state index < -0.39 is 61.7 Å². The van der Waals surface area contributed by atoms with E-state index >= 15 is 0 Å². The maximum absolute atomic E-state index is 10.9. The third kappa shape index (κ3) is 6.68. The number of hydrogen-bond acceptors (Lipinski definition) is 11. The Hall–Kier alpha value is -0.730. The zero-order valence-corrected chi connectivity index (χ0v) is 15.2. The van der Waals surface area contributed by atoms with Crippen molar-refractivity contribution in [1.29, 1.82) is 0 Å². The summed E-state index contributed by atoms with van der Waals surface area (Å²) in [5.74, 6) is 0. The fourth-order valence-corrected chi connectivity index (χ4v) is 2.65. The van der Waals surface area contributed by atoms with Gasteiger partial charge < -0.3 is 55.3 Å². The summed E-state index contributed by atoms with van der Waals surface area (Å²) in [6, 6.07) is 0. The Labute approximate surface area is 157 Å². The van der Waals surface area contributed by atoms with Crippen molar-refractivity contribution in [1.82, 2.24) is 5.32 Å². The van der Waals surface area contributed by atoms with Crippen LogP contribution in [0.25, 0.3) is 0 Å². The van der Waals surface area contributed by atoms with Gasteiger partial charge in [-0.1, -0.05) is 13.3 Å². The number of rotatable bonds is 12. The van der Waals surface area contributed by atoms with Crippen molar-refractivity contribution in [3.05, 3.63) is 0 Å². The first-order valence-corrected chi connectivity index (χ1v) is 8.94. The van der Waals surface area contributed by atoms with E-state index in [0.29, 0.717) is 6.54 Å². The maximum atomic E-state index is 10.9. The van der Waals surface area contributed by atoms with Gasteiger partial charge >= 0.3 is 0 Å². The normalized spacial score (nSPS) is 33.3. The lowest BCUT2D eigenvalue weighted by molar-refractivity contribution is -0.316. The Balaban J connectivity index is 2.79. The Morgan fingerprint density at radius 3 is 2.33 bits per heavy atom. The zero-order valence-electron chi connectivity index (χ0n) is 15.2. The molecule has 160 valence electrons. The maximum Gasteiger partial charge on any atom is 0.187 e. The predicted octanol–water partition coefficient (Wildman–Crippen LogP) is -4.16. The van der Waals surface area contributed by atoms with Crippen molar-refractivity contribution < 1.29 is 50.0 Å². The van der Waals surface area contributed by atoms with Gasteiger partial charge in [-0.15, -0.1) is 0 Å². The summed E-state index contributed by atoms with van der Waals surface area (Å²) in [7, 11) is 0. The first-order valence-electron chi connectivity index (χ1n) is 8.94. The lowest BCUT2D eigenvalue weighted by Gasteiger charge is -2.41. The summed E-state index contributed by atoms with van der Waals surface area (Å²) in [5.41, 5.74) is 0. The number of aliphatic hydroxyl groups excluding tert-OH is 7. The van der Waals surface area contributed by atoms with Gasteiger partial charge in [0, 0.05) is 6.54 Å². The molecule has 1 rings (SSSR count). The summed E-state index contributed by atoms with van der Waals surface area (Å²) >= 11 is 0. The SMILES string of the molecule is CCCCNC[C@H](O)[C@@H](O)[C@H](O[C@@H]1O[C@H](C=O)[C@H](O)[C@H](O)[C@H]1O)[C@H](O)CO. The fourth-order valence-electron chi connectivity index (χ4n) is 2.65. The van der Waals surface area contributed by atoms with E-state index in [1.54, 1.807) is 0 Å². The number of unbranched alkanes of at least 4 members (excludes halogenated alkanes) is 1. The average molecular weight is 397 g/mol. The van der Waals surface area contributed by atoms with Crippen LogP contribution < -0.4 is 5.32 Å². The molecule has 1 saturated heterocycles. The van der Waals surface area contributed by atoms with Crippen LogP contribution in [0.2, 0.25) is 0 Å². The molecule has 27 heavy (non-hydrogen) atoms. The number of ether oxygens (including phenoxy) is 2. The lowest BCUT2D eigenvalue weighted by Crippen LogP contribution is -2.61.